The largest absolute Gasteiger partial charge is 0.343 e. The van der Waals surface area contributed by atoms with Gasteiger partial charge in [-0.15, -0.1) is 11.3 Å². The number of rotatable bonds is 8. The Morgan fingerprint density at radius 1 is 1.13 bits per heavy atom. The molecule has 3 rings (SSSR count). The van der Waals surface area contributed by atoms with Crippen molar-refractivity contribution in [3.05, 3.63) is 56.2 Å². The van der Waals surface area contributed by atoms with E-state index < -0.39 is 0 Å². The Morgan fingerprint density at radius 3 is 2.40 bits per heavy atom. The third kappa shape index (κ3) is 4.62. The monoisotopic (exact) mass is 443 g/mol. The summed E-state index contributed by atoms with van der Waals surface area (Å²) >= 11 is 2.94. The van der Waals surface area contributed by atoms with E-state index in [-0.39, 0.29) is 17.2 Å². The maximum Gasteiger partial charge on any atom is 0.263 e. The maximum atomic E-state index is 13.5. The minimum Gasteiger partial charge on any atom is -0.343 e. The fraction of sp³-hybridized carbons (Fsp3) is 0.435. The lowest BCUT2D eigenvalue weighted by Crippen LogP contribution is -2.32. The average molecular weight is 444 g/mol. The van der Waals surface area contributed by atoms with E-state index in [0.717, 1.165) is 22.4 Å². The van der Waals surface area contributed by atoms with Gasteiger partial charge in [0.15, 0.2) is 5.16 Å². The zero-order valence-electron chi connectivity index (χ0n) is 18.3. The number of benzene rings is 1. The molecule has 0 bridgehead atoms. The number of fused-ring (bicyclic) bond motifs is 1. The number of carbonyl (C=O) groups excluding carboxylic acids is 1. The van der Waals surface area contributed by atoms with E-state index in [2.05, 4.69) is 6.92 Å². The summed E-state index contributed by atoms with van der Waals surface area (Å²) in [6.45, 7) is 11.9. The molecule has 0 atom stereocenters. The van der Waals surface area contributed by atoms with Crippen molar-refractivity contribution in [3.63, 3.8) is 0 Å². The third-order valence-corrected chi connectivity index (χ3v) is 7.63. The predicted octanol–water partition coefficient (Wildman–Crippen LogP) is 4.65. The van der Waals surface area contributed by atoms with Crippen LogP contribution in [0.3, 0.4) is 0 Å². The lowest BCUT2D eigenvalue weighted by atomic mass is 10.1. The first-order chi connectivity index (χ1) is 14.4. The SMILES string of the molecule is CCc1sc2nc(SCC(=O)N(CC)CC)n(Cc3ccc(C)cc3)c(=O)c2c1C. The fourth-order valence-electron chi connectivity index (χ4n) is 3.50. The summed E-state index contributed by atoms with van der Waals surface area (Å²) < 4.78 is 1.73. The van der Waals surface area contributed by atoms with Crippen LogP contribution < -0.4 is 5.56 Å². The van der Waals surface area contributed by atoms with Crippen LogP contribution in [0.15, 0.2) is 34.2 Å². The molecule has 0 N–H and O–H groups in total. The molecule has 2 aromatic heterocycles. The zero-order valence-corrected chi connectivity index (χ0v) is 20.0. The summed E-state index contributed by atoms with van der Waals surface area (Å²) in [4.78, 5) is 34.6. The van der Waals surface area contributed by atoms with Crippen LogP contribution in [0.2, 0.25) is 0 Å². The number of amides is 1. The maximum absolute atomic E-state index is 13.5. The molecule has 0 aliphatic heterocycles. The van der Waals surface area contributed by atoms with E-state index in [0.29, 0.717) is 30.2 Å². The molecule has 0 unspecified atom stereocenters. The van der Waals surface area contributed by atoms with Crippen LogP contribution in [0, 0.1) is 13.8 Å². The molecule has 0 radical (unpaired) electrons. The minimum atomic E-state index is -0.0215. The molecule has 5 nitrogen and oxygen atoms in total. The molecular formula is C23H29N3O2S2. The van der Waals surface area contributed by atoms with Crippen molar-refractivity contribution in [2.45, 2.75) is 52.7 Å². The van der Waals surface area contributed by atoms with Crippen molar-refractivity contribution in [2.75, 3.05) is 18.8 Å². The number of nitrogens with zero attached hydrogens (tertiary/aromatic N) is 3. The fourth-order valence-corrected chi connectivity index (χ4v) is 5.56. The van der Waals surface area contributed by atoms with Gasteiger partial charge in [0, 0.05) is 18.0 Å². The Hall–Kier alpha value is -2.12. The van der Waals surface area contributed by atoms with E-state index in [4.69, 9.17) is 4.98 Å². The topological polar surface area (TPSA) is 55.2 Å². The first kappa shape index (κ1) is 22.6. The molecule has 3 aromatic rings. The Morgan fingerprint density at radius 2 is 1.80 bits per heavy atom. The molecule has 0 spiro atoms. The van der Waals surface area contributed by atoms with E-state index in [1.165, 1.54) is 22.2 Å². The number of thioether (sulfide) groups is 1. The third-order valence-electron chi connectivity index (χ3n) is 5.34. The van der Waals surface area contributed by atoms with Crippen LogP contribution >= 0.6 is 23.1 Å². The molecule has 2 heterocycles. The predicted molar refractivity (Wildman–Crippen MR) is 127 cm³/mol. The molecular weight excluding hydrogens is 414 g/mol. The second-order valence-corrected chi connectivity index (χ2v) is 9.34. The highest BCUT2D eigenvalue weighted by molar-refractivity contribution is 7.99. The number of hydrogen-bond acceptors (Lipinski definition) is 5. The van der Waals surface area contributed by atoms with Crippen LogP contribution in [0.1, 0.15) is 42.3 Å². The normalized spacial score (nSPS) is 11.2. The van der Waals surface area contributed by atoms with Crippen LogP contribution in [-0.4, -0.2) is 39.2 Å². The number of aryl methyl sites for hydroxylation is 3. The zero-order chi connectivity index (χ0) is 21.8. The molecule has 1 amide bonds. The molecule has 30 heavy (non-hydrogen) atoms. The Labute approximate surface area is 186 Å². The Kier molecular flexibility index (Phi) is 7.36. The summed E-state index contributed by atoms with van der Waals surface area (Å²) in [5.41, 5.74) is 3.24. The van der Waals surface area contributed by atoms with Crippen molar-refractivity contribution in [2.24, 2.45) is 0 Å². The van der Waals surface area contributed by atoms with Gasteiger partial charge in [-0.1, -0.05) is 48.5 Å². The van der Waals surface area contributed by atoms with Gasteiger partial charge < -0.3 is 4.90 Å². The van der Waals surface area contributed by atoms with Crippen LogP contribution in [0.25, 0.3) is 10.2 Å². The van der Waals surface area contributed by atoms with E-state index in [1.54, 1.807) is 20.8 Å². The number of hydrogen-bond donors (Lipinski definition) is 0. The smallest absolute Gasteiger partial charge is 0.263 e. The second-order valence-electron chi connectivity index (χ2n) is 7.31. The van der Waals surface area contributed by atoms with Crippen molar-refractivity contribution in [1.29, 1.82) is 0 Å². The lowest BCUT2D eigenvalue weighted by Gasteiger charge is -2.18. The molecule has 0 aliphatic carbocycles. The van der Waals surface area contributed by atoms with Crippen molar-refractivity contribution in [3.8, 4) is 0 Å². The van der Waals surface area contributed by atoms with Gasteiger partial charge in [-0.25, -0.2) is 4.98 Å². The number of carbonyl (C=O) groups is 1. The first-order valence-corrected chi connectivity index (χ1v) is 12.2. The molecule has 0 saturated carbocycles. The van der Waals surface area contributed by atoms with Crippen LogP contribution in [0.4, 0.5) is 0 Å². The molecule has 0 aliphatic rings. The van der Waals surface area contributed by atoms with E-state index in [1.807, 2.05) is 52.0 Å². The Balaban J connectivity index is 2.05. The highest BCUT2D eigenvalue weighted by atomic mass is 32.2. The van der Waals surface area contributed by atoms with Crippen molar-refractivity contribution in [1.82, 2.24) is 14.5 Å². The quantitative estimate of drug-likeness (QED) is 0.376. The summed E-state index contributed by atoms with van der Waals surface area (Å²) in [5, 5.41) is 1.32. The Bertz CT molecular complexity index is 1100. The van der Waals surface area contributed by atoms with E-state index in [9.17, 15) is 9.59 Å². The highest BCUT2D eigenvalue weighted by Crippen LogP contribution is 2.29. The number of thiophene rings is 1. The van der Waals surface area contributed by atoms with Gasteiger partial charge in [-0.3, -0.25) is 14.2 Å². The standard InChI is InChI=1S/C23H29N3O2S2/c1-6-18-16(5)20-21(30-18)24-23(29-14-19(27)25(7-2)8-3)26(22(20)28)13-17-11-9-15(4)10-12-17/h9-12H,6-8,13-14H2,1-5H3. The lowest BCUT2D eigenvalue weighted by molar-refractivity contribution is -0.127. The van der Waals surface area contributed by atoms with Gasteiger partial charge in [0.1, 0.15) is 4.83 Å². The highest BCUT2D eigenvalue weighted by Gasteiger charge is 2.19. The summed E-state index contributed by atoms with van der Waals surface area (Å²) in [6.07, 6.45) is 0.882. The summed E-state index contributed by atoms with van der Waals surface area (Å²) in [7, 11) is 0. The second kappa shape index (κ2) is 9.79. The van der Waals surface area contributed by atoms with Gasteiger partial charge in [0.2, 0.25) is 5.91 Å². The molecule has 1 aromatic carbocycles. The molecule has 0 saturated heterocycles. The molecule has 0 fully saturated rings. The summed E-state index contributed by atoms with van der Waals surface area (Å²) in [6, 6.07) is 8.18. The molecule has 7 heteroatoms. The van der Waals surface area contributed by atoms with Gasteiger partial charge in [0.05, 0.1) is 17.7 Å². The van der Waals surface area contributed by atoms with Gasteiger partial charge in [-0.2, -0.15) is 0 Å². The van der Waals surface area contributed by atoms with Crippen molar-refractivity contribution >= 4 is 39.2 Å². The van der Waals surface area contributed by atoms with Crippen molar-refractivity contribution < 1.29 is 4.79 Å². The minimum absolute atomic E-state index is 0.0215. The first-order valence-electron chi connectivity index (χ1n) is 10.4. The summed E-state index contributed by atoms with van der Waals surface area (Å²) in [5.74, 6) is 0.344. The van der Waals surface area contributed by atoms with E-state index >= 15 is 0 Å². The van der Waals surface area contributed by atoms with Crippen LogP contribution in [-0.2, 0) is 17.8 Å². The van der Waals surface area contributed by atoms with Gasteiger partial charge >= 0.3 is 0 Å². The molecule has 160 valence electrons. The van der Waals surface area contributed by atoms with Gasteiger partial charge in [0.25, 0.3) is 5.56 Å². The average Bonchev–Trinajstić information content (AvgIpc) is 3.06. The van der Waals surface area contributed by atoms with Gasteiger partial charge in [-0.05, 0) is 45.2 Å². The van der Waals surface area contributed by atoms with Crippen LogP contribution in [0.5, 0.6) is 0 Å². The number of aromatic nitrogens is 2.